The molecule has 0 aliphatic carbocycles. The molecule has 28 heavy (non-hydrogen) atoms. The number of benzene rings is 3. The first kappa shape index (κ1) is 16.9. The first-order chi connectivity index (χ1) is 13.8. The molecule has 0 saturated heterocycles. The van der Waals surface area contributed by atoms with Crippen molar-refractivity contribution in [3.63, 3.8) is 0 Å². The van der Waals surface area contributed by atoms with Crippen LogP contribution in [0.4, 0.5) is 0 Å². The van der Waals surface area contributed by atoms with E-state index in [1.54, 1.807) is 7.11 Å². The summed E-state index contributed by atoms with van der Waals surface area (Å²) >= 11 is 0. The molecule has 3 aromatic rings. The third-order valence-corrected chi connectivity index (χ3v) is 5.02. The van der Waals surface area contributed by atoms with Crippen LogP contribution in [0.5, 0.6) is 28.7 Å². The van der Waals surface area contributed by atoms with Crippen molar-refractivity contribution in [3.05, 3.63) is 78.4 Å². The number of rotatable bonds is 5. The lowest BCUT2D eigenvalue weighted by Gasteiger charge is -2.19. The molecule has 0 radical (unpaired) electrons. The summed E-state index contributed by atoms with van der Waals surface area (Å²) in [5.74, 6) is 3.75. The number of hydrogen-bond donors (Lipinski definition) is 0. The molecule has 3 aromatic carbocycles. The number of fused-ring (bicyclic) bond motifs is 2. The molecule has 1 atom stereocenters. The molecule has 5 nitrogen and oxygen atoms in total. The van der Waals surface area contributed by atoms with Crippen molar-refractivity contribution in [3.8, 4) is 28.7 Å². The quantitative estimate of drug-likeness (QED) is 0.628. The van der Waals surface area contributed by atoms with Crippen LogP contribution in [-0.2, 0) is 0 Å². The van der Waals surface area contributed by atoms with Crippen LogP contribution in [0, 0.1) is 0 Å². The molecule has 0 saturated carbocycles. The molecule has 0 N–H and O–H groups in total. The zero-order chi connectivity index (χ0) is 18.9. The SMILES string of the molecule is COc1ccc([C@@H](CB2Oc3ccccc3O2)B2Oc3ccccc3O2)cc1. The van der Waals surface area contributed by atoms with Crippen LogP contribution in [0.3, 0.4) is 0 Å². The van der Waals surface area contributed by atoms with Gasteiger partial charge in [0.05, 0.1) is 7.11 Å². The second-order valence-corrected chi connectivity index (χ2v) is 6.78. The average Bonchev–Trinajstić information content (AvgIpc) is 3.35. The Morgan fingerprint density at radius 2 is 1.21 bits per heavy atom. The van der Waals surface area contributed by atoms with Gasteiger partial charge in [-0.05, 0) is 42.0 Å². The van der Waals surface area contributed by atoms with Crippen LogP contribution >= 0.6 is 0 Å². The Balaban J connectivity index is 1.40. The van der Waals surface area contributed by atoms with Crippen LogP contribution in [0.1, 0.15) is 11.4 Å². The van der Waals surface area contributed by atoms with E-state index in [4.69, 9.17) is 23.4 Å². The Labute approximate surface area is 164 Å². The van der Waals surface area contributed by atoms with E-state index in [1.165, 1.54) is 0 Å². The van der Waals surface area contributed by atoms with Crippen LogP contribution in [0.25, 0.3) is 0 Å². The van der Waals surface area contributed by atoms with E-state index in [-0.39, 0.29) is 5.82 Å². The van der Waals surface area contributed by atoms with Crippen LogP contribution in [-0.4, -0.2) is 21.3 Å². The Kier molecular flexibility index (Phi) is 4.28. The molecule has 0 unspecified atom stereocenters. The van der Waals surface area contributed by atoms with Crippen molar-refractivity contribution in [1.29, 1.82) is 0 Å². The highest BCUT2D eigenvalue weighted by Gasteiger charge is 2.46. The zero-order valence-electron chi connectivity index (χ0n) is 15.4. The first-order valence-electron chi connectivity index (χ1n) is 9.29. The molecule has 138 valence electrons. The molecule has 0 spiro atoms. The standard InChI is InChI=1S/C21H18B2O5/c1-24-16-12-10-15(11-13-16)17(23-27-20-8-4-5-9-21(20)28-23)14-22-25-18-6-2-3-7-19(18)26-22/h2-13,17H,14H2,1H3/t17-/m1/s1. The molecule has 2 heterocycles. The van der Waals surface area contributed by atoms with E-state index in [9.17, 15) is 0 Å². The third kappa shape index (κ3) is 3.13. The topological polar surface area (TPSA) is 46.2 Å². The lowest BCUT2D eigenvalue weighted by Crippen LogP contribution is -2.38. The summed E-state index contributed by atoms with van der Waals surface area (Å²) in [5, 5.41) is 0. The Bertz CT molecular complexity index is 929. The predicted octanol–water partition coefficient (Wildman–Crippen LogP) is 4.24. The van der Waals surface area contributed by atoms with E-state index in [1.807, 2.05) is 72.8 Å². The minimum Gasteiger partial charge on any atom is -0.523 e. The van der Waals surface area contributed by atoms with E-state index in [0.29, 0.717) is 6.32 Å². The number of methoxy groups -OCH3 is 1. The third-order valence-electron chi connectivity index (χ3n) is 5.02. The molecular weight excluding hydrogens is 354 g/mol. The molecule has 0 aromatic heterocycles. The number of ether oxygens (including phenoxy) is 1. The molecular formula is C21H18B2O5. The van der Waals surface area contributed by atoms with Crippen molar-refractivity contribution < 1.29 is 23.4 Å². The van der Waals surface area contributed by atoms with Gasteiger partial charge in [0.1, 0.15) is 28.7 Å². The van der Waals surface area contributed by atoms with Crippen LogP contribution in [0.15, 0.2) is 72.8 Å². The largest absolute Gasteiger partial charge is 0.602 e. The molecule has 0 amide bonds. The maximum Gasteiger partial charge on any atom is 0.602 e. The Hall–Kier alpha value is -3.21. The van der Waals surface area contributed by atoms with Gasteiger partial charge in [-0.2, -0.15) is 0 Å². The lowest BCUT2D eigenvalue weighted by molar-refractivity contribution is 0.414. The van der Waals surface area contributed by atoms with Gasteiger partial charge in [-0.1, -0.05) is 36.4 Å². The minimum atomic E-state index is -0.457. The van der Waals surface area contributed by atoms with Crippen molar-refractivity contribution in [2.24, 2.45) is 0 Å². The normalized spacial score (nSPS) is 14.9. The van der Waals surface area contributed by atoms with Crippen molar-refractivity contribution in [2.45, 2.75) is 12.1 Å². The van der Waals surface area contributed by atoms with Gasteiger partial charge in [0.15, 0.2) is 0 Å². The van der Waals surface area contributed by atoms with Gasteiger partial charge in [0.2, 0.25) is 0 Å². The van der Waals surface area contributed by atoms with Crippen molar-refractivity contribution in [2.75, 3.05) is 7.11 Å². The van der Waals surface area contributed by atoms with E-state index >= 15 is 0 Å². The summed E-state index contributed by atoms with van der Waals surface area (Å²) in [6.07, 6.45) is 0.583. The summed E-state index contributed by atoms with van der Waals surface area (Å²) in [4.78, 5) is 0. The smallest absolute Gasteiger partial charge is 0.523 e. The monoisotopic (exact) mass is 372 g/mol. The van der Waals surface area contributed by atoms with Gasteiger partial charge in [-0.25, -0.2) is 0 Å². The van der Waals surface area contributed by atoms with Gasteiger partial charge in [-0.3, -0.25) is 0 Å². The minimum absolute atomic E-state index is 0.0855. The summed E-state index contributed by atoms with van der Waals surface area (Å²) in [5.41, 5.74) is 1.07. The van der Waals surface area contributed by atoms with Crippen LogP contribution in [0.2, 0.25) is 6.32 Å². The highest BCUT2D eigenvalue weighted by molar-refractivity contribution is 6.55. The van der Waals surface area contributed by atoms with E-state index in [2.05, 4.69) is 0 Å². The van der Waals surface area contributed by atoms with E-state index < -0.39 is 14.2 Å². The molecule has 0 bridgehead atoms. The summed E-state index contributed by atoms with van der Waals surface area (Å²) in [7, 11) is 0.797. The molecule has 5 rings (SSSR count). The van der Waals surface area contributed by atoms with Gasteiger partial charge in [0, 0.05) is 12.1 Å². The fraction of sp³-hybridized carbons (Fsp3) is 0.143. The molecule has 7 heteroatoms. The average molecular weight is 372 g/mol. The fourth-order valence-electron chi connectivity index (χ4n) is 3.59. The second kappa shape index (κ2) is 7.08. The zero-order valence-corrected chi connectivity index (χ0v) is 15.4. The lowest BCUT2D eigenvalue weighted by atomic mass is 9.58. The van der Waals surface area contributed by atoms with Gasteiger partial charge in [-0.15, -0.1) is 0 Å². The van der Waals surface area contributed by atoms with Gasteiger partial charge >= 0.3 is 14.2 Å². The van der Waals surface area contributed by atoms with Gasteiger partial charge in [0.25, 0.3) is 0 Å². The first-order valence-corrected chi connectivity index (χ1v) is 9.29. The number of para-hydroxylation sites is 4. The highest BCUT2D eigenvalue weighted by Crippen LogP contribution is 2.41. The van der Waals surface area contributed by atoms with Gasteiger partial charge < -0.3 is 23.4 Å². The van der Waals surface area contributed by atoms with Crippen molar-refractivity contribution >= 4 is 14.2 Å². The second-order valence-electron chi connectivity index (χ2n) is 6.78. The summed E-state index contributed by atoms with van der Waals surface area (Å²) in [6, 6.07) is 23.3. The Morgan fingerprint density at radius 1 is 0.714 bits per heavy atom. The Morgan fingerprint density at radius 3 is 1.71 bits per heavy atom. The predicted molar refractivity (Wildman–Crippen MR) is 107 cm³/mol. The van der Waals surface area contributed by atoms with E-state index in [0.717, 1.165) is 34.3 Å². The highest BCUT2D eigenvalue weighted by atomic mass is 16.6. The maximum atomic E-state index is 6.10. The summed E-state index contributed by atoms with van der Waals surface area (Å²) < 4.78 is 29.5. The van der Waals surface area contributed by atoms with Crippen LogP contribution < -0.4 is 23.4 Å². The fourth-order valence-corrected chi connectivity index (χ4v) is 3.59. The summed E-state index contributed by atoms with van der Waals surface area (Å²) in [6.45, 7) is 0. The maximum absolute atomic E-state index is 6.10. The molecule has 2 aliphatic heterocycles. The molecule has 0 fully saturated rings. The van der Waals surface area contributed by atoms with Crippen molar-refractivity contribution in [1.82, 2.24) is 0 Å². The molecule has 2 aliphatic rings. The number of hydrogen-bond acceptors (Lipinski definition) is 5.